The molecule has 9 heteroatoms. The molecule has 1 aliphatic heterocycles. The quantitative estimate of drug-likeness (QED) is 0.593. The molecule has 3 N–H and O–H groups in total. The third kappa shape index (κ3) is 4.94. The molecule has 5 rings (SSSR count). The van der Waals surface area contributed by atoms with Gasteiger partial charge >= 0.3 is 0 Å². The van der Waals surface area contributed by atoms with Crippen LogP contribution in [0.25, 0.3) is 0 Å². The Labute approximate surface area is 185 Å². The number of amides is 2. The molecule has 3 atom stereocenters. The lowest BCUT2D eigenvalue weighted by atomic mass is 9.76. The number of carbonyl (C=O) groups is 2. The summed E-state index contributed by atoms with van der Waals surface area (Å²) in [6, 6.07) is 6.17. The monoisotopic (exact) mass is 448 g/mol. The first-order valence-electron chi connectivity index (χ1n) is 10.7. The predicted octanol–water partition coefficient (Wildman–Crippen LogP) is 2.15. The topological polar surface area (TPSA) is 103 Å². The summed E-state index contributed by atoms with van der Waals surface area (Å²) in [7, 11) is 0. The van der Waals surface area contributed by atoms with Crippen LogP contribution in [0.1, 0.15) is 32.1 Å². The van der Waals surface area contributed by atoms with E-state index < -0.39 is 5.82 Å². The van der Waals surface area contributed by atoms with E-state index in [2.05, 4.69) is 22.0 Å². The van der Waals surface area contributed by atoms with Crippen LogP contribution < -0.4 is 20.7 Å². The zero-order valence-corrected chi connectivity index (χ0v) is 17.9. The summed E-state index contributed by atoms with van der Waals surface area (Å²) in [5.41, 5.74) is -0.342. The van der Waals surface area contributed by atoms with Crippen molar-refractivity contribution >= 4 is 23.4 Å². The molecule has 1 saturated heterocycles. The molecule has 166 valence electrons. The number of nitrogens with one attached hydrogen (secondary N) is 3. The summed E-state index contributed by atoms with van der Waals surface area (Å²) < 4.78 is 18.8. The molecule has 0 radical (unpaired) electrons. The number of nitriles is 1. The number of carbonyl (C=O) groups excluding carboxylic acids is 2. The molecule has 1 heterocycles. The van der Waals surface area contributed by atoms with Crippen LogP contribution in [-0.2, 0) is 9.59 Å². The van der Waals surface area contributed by atoms with Crippen molar-refractivity contribution < 1.29 is 18.7 Å². The lowest BCUT2D eigenvalue weighted by Gasteiger charge is -2.39. The fourth-order valence-electron chi connectivity index (χ4n) is 5.07. The van der Waals surface area contributed by atoms with Crippen molar-refractivity contribution in [3.8, 4) is 11.8 Å². The van der Waals surface area contributed by atoms with Crippen LogP contribution >= 0.6 is 11.6 Å². The molecule has 3 aliphatic carbocycles. The Kier molecular flexibility index (Phi) is 6.35. The molecular formula is C22H26ClFN4O3. The molecule has 31 heavy (non-hydrogen) atoms. The number of fused-ring (bicyclic) bond motifs is 1. The largest absolute Gasteiger partial charge is 0.484 e. The van der Waals surface area contributed by atoms with Crippen molar-refractivity contribution in [2.24, 2.45) is 17.8 Å². The van der Waals surface area contributed by atoms with E-state index in [4.69, 9.17) is 21.6 Å². The summed E-state index contributed by atoms with van der Waals surface area (Å²) in [5.74, 6) is -0.0480. The molecule has 1 aromatic carbocycles. The average molecular weight is 449 g/mol. The number of ether oxygens (including phenoxy) is 1. The number of piperidine rings is 1. The van der Waals surface area contributed by atoms with E-state index >= 15 is 0 Å². The lowest BCUT2D eigenvalue weighted by Crippen LogP contribution is -2.53. The van der Waals surface area contributed by atoms with Crippen molar-refractivity contribution in [1.29, 1.82) is 5.26 Å². The maximum absolute atomic E-state index is 13.5. The first-order valence-corrected chi connectivity index (χ1v) is 11.0. The van der Waals surface area contributed by atoms with Crippen molar-refractivity contribution in [3.63, 3.8) is 0 Å². The highest BCUT2D eigenvalue weighted by molar-refractivity contribution is 6.30. The minimum absolute atomic E-state index is 0.00223. The van der Waals surface area contributed by atoms with Crippen molar-refractivity contribution in [1.82, 2.24) is 16.0 Å². The summed E-state index contributed by atoms with van der Waals surface area (Å²) in [5, 5.41) is 18.2. The van der Waals surface area contributed by atoms with Crippen LogP contribution in [0, 0.1) is 34.9 Å². The predicted molar refractivity (Wildman–Crippen MR) is 112 cm³/mol. The van der Waals surface area contributed by atoms with Crippen LogP contribution in [0.3, 0.4) is 0 Å². The van der Waals surface area contributed by atoms with Gasteiger partial charge in [0, 0.05) is 30.6 Å². The molecule has 2 bridgehead atoms. The van der Waals surface area contributed by atoms with Crippen molar-refractivity contribution in [3.05, 3.63) is 29.0 Å². The summed E-state index contributed by atoms with van der Waals surface area (Å²) in [6.07, 6.45) is 3.95. The molecule has 4 aliphatic rings. The molecule has 1 aromatic rings. The third-order valence-corrected chi connectivity index (χ3v) is 7.03. The van der Waals surface area contributed by atoms with Crippen LogP contribution in [0.15, 0.2) is 18.2 Å². The molecule has 2 amide bonds. The Balaban J connectivity index is 1.20. The van der Waals surface area contributed by atoms with Crippen molar-refractivity contribution in [2.75, 3.05) is 19.7 Å². The standard InChI is InChI=1S/C22H26ClFN4O3/c23-18-4-3-16(5-19(18)24)31-12-20(29)28-22-6-14(7-22)17(8-22)21(30)27-11-13-1-2-15(9-25)26-10-13/h3-5,13-15,17,26H,1-2,6-8,10-12H2,(H,27,30)(H,28,29). The fraction of sp³-hybridized carbons (Fsp3) is 0.591. The van der Waals surface area contributed by atoms with E-state index in [1.165, 1.54) is 12.1 Å². The average Bonchev–Trinajstić information content (AvgIpc) is 3.29. The zero-order valence-electron chi connectivity index (χ0n) is 17.1. The molecule has 4 fully saturated rings. The molecule has 3 saturated carbocycles. The Bertz CT molecular complexity index is 891. The van der Waals surface area contributed by atoms with Crippen LogP contribution in [0.4, 0.5) is 4.39 Å². The highest BCUT2D eigenvalue weighted by Gasteiger charge is 2.58. The third-order valence-electron chi connectivity index (χ3n) is 6.73. The number of hydrogen-bond donors (Lipinski definition) is 3. The number of rotatable bonds is 7. The first kappa shape index (κ1) is 21.8. The summed E-state index contributed by atoms with van der Waals surface area (Å²) in [6.45, 7) is 1.13. The Morgan fingerprint density at radius 1 is 1.32 bits per heavy atom. The minimum atomic E-state index is -0.599. The van der Waals surface area contributed by atoms with Gasteiger partial charge in [0.1, 0.15) is 11.6 Å². The van der Waals surface area contributed by atoms with Gasteiger partial charge in [-0.2, -0.15) is 5.26 Å². The van der Waals surface area contributed by atoms with Gasteiger partial charge in [0.25, 0.3) is 5.91 Å². The zero-order chi connectivity index (χ0) is 22.0. The van der Waals surface area contributed by atoms with E-state index in [1.807, 2.05) is 0 Å². The van der Waals surface area contributed by atoms with Gasteiger partial charge in [-0.3, -0.25) is 9.59 Å². The van der Waals surface area contributed by atoms with Gasteiger partial charge in [0.15, 0.2) is 6.61 Å². The van der Waals surface area contributed by atoms with Gasteiger partial charge in [-0.15, -0.1) is 0 Å². The highest BCUT2D eigenvalue weighted by atomic mass is 35.5. The number of nitrogens with zero attached hydrogens (tertiary/aromatic N) is 1. The van der Waals surface area contributed by atoms with Gasteiger partial charge in [0.05, 0.1) is 17.1 Å². The van der Waals surface area contributed by atoms with Gasteiger partial charge in [-0.05, 0) is 56.1 Å². The van der Waals surface area contributed by atoms with Gasteiger partial charge in [-0.1, -0.05) is 11.6 Å². The Hall–Kier alpha value is -2.37. The number of halogens is 2. The van der Waals surface area contributed by atoms with Gasteiger partial charge < -0.3 is 20.7 Å². The van der Waals surface area contributed by atoms with Crippen LogP contribution in [0.2, 0.25) is 5.02 Å². The normalized spacial score (nSPS) is 31.3. The Morgan fingerprint density at radius 3 is 2.81 bits per heavy atom. The Morgan fingerprint density at radius 2 is 2.13 bits per heavy atom. The van der Waals surface area contributed by atoms with Gasteiger partial charge in [0.2, 0.25) is 5.91 Å². The molecular weight excluding hydrogens is 423 g/mol. The van der Waals surface area contributed by atoms with E-state index in [-0.39, 0.29) is 46.7 Å². The smallest absolute Gasteiger partial charge is 0.258 e. The molecule has 3 unspecified atom stereocenters. The fourth-order valence-corrected chi connectivity index (χ4v) is 5.18. The highest BCUT2D eigenvalue weighted by Crippen LogP contribution is 2.55. The van der Waals surface area contributed by atoms with Crippen molar-refractivity contribution in [2.45, 2.75) is 43.7 Å². The van der Waals surface area contributed by atoms with E-state index in [1.54, 1.807) is 0 Å². The molecule has 7 nitrogen and oxygen atoms in total. The lowest BCUT2D eigenvalue weighted by molar-refractivity contribution is -0.126. The number of hydrogen-bond acceptors (Lipinski definition) is 5. The number of benzene rings is 1. The maximum atomic E-state index is 13.5. The molecule has 0 aromatic heterocycles. The second-order valence-electron chi connectivity index (χ2n) is 8.95. The first-order chi connectivity index (χ1) is 14.9. The van der Waals surface area contributed by atoms with Crippen LogP contribution in [0.5, 0.6) is 5.75 Å². The van der Waals surface area contributed by atoms with E-state index in [9.17, 15) is 14.0 Å². The van der Waals surface area contributed by atoms with E-state index in [0.717, 1.165) is 38.3 Å². The maximum Gasteiger partial charge on any atom is 0.258 e. The summed E-state index contributed by atoms with van der Waals surface area (Å²) in [4.78, 5) is 25.0. The summed E-state index contributed by atoms with van der Waals surface area (Å²) >= 11 is 5.64. The molecule has 0 spiro atoms. The van der Waals surface area contributed by atoms with Crippen LogP contribution in [-0.4, -0.2) is 43.1 Å². The van der Waals surface area contributed by atoms with E-state index in [0.29, 0.717) is 24.8 Å². The van der Waals surface area contributed by atoms with Gasteiger partial charge in [-0.25, -0.2) is 4.39 Å². The minimum Gasteiger partial charge on any atom is -0.484 e. The second kappa shape index (κ2) is 9.01. The SMILES string of the molecule is N#CC1CCC(CNC(=O)C2CC3(NC(=O)COc4ccc(Cl)c(F)c4)CC2C3)CN1. The second-order valence-corrected chi connectivity index (χ2v) is 9.36.